The van der Waals surface area contributed by atoms with Crippen LogP contribution in [0, 0.1) is 7.14 Å². The molecule has 0 saturated carbocycles. The molecule has 2 aliphatic rings. The van der Waals surface area contributed by atoms with Crippen molar-refractivity contribution in [2.75, 3.05) is 0 Å². The summed E-state index contributed by atoms with van der Waals surface area (Å²) in [6, 6.07) is 9.54. The van der Waals surface area contributed by atoms with Crippen molar-refractivity contribution in [3.8, 4) is 11.1 Å². The average molecular weight is 458 g/mol. The van der Waals surface area contributed by atoms with Gasteiger partial charge < -0.3 is 0 Å². The van der Waals surface area contributed by atoms with Crippen molar-refractivity contribution in [3.05, 3.63) is 53.7 Å². The van der Waals surface area contributed by atoms with E-state index >= 15 is 0 Å². The van der Waals surface area contributed by atoms with E-state index in [0.29, 0.717) is 0 Å². The number of aryl methyl sites for hydroxylation is 4. The van der Waals surface area contributed by atoms with Gasteiger partial charge in [-0.1, -0.05) is 0 Å². The van der Waals surface area contributed by atoms with Crippen molar-refractivity contribution in [2.24, 2.45) is 0 Å². The summed E-state index contributed by atoms with van der Waals surface area (Å²) < 4.78 is 2.80. The largest absolute Gasteiger partial charge is 0.0450 e. The van der Waals surface area contributed by atoms with Crippen LogP contribution in [0.2, 0.25) is 0 Å². The van der Waals surface area contributed by atoms with Crippen LogP contribution in [0.15, 0.2) is 24.3 Å². The second-order valence-electron chi connectivity index (χ2n) is 5.20. The molecule has 18 heavy (non-hydrogen) atoms. The third-order valence-corrected chi connectivity index (χ3v) is 5.36. The van der Waals surface area contributed by atoms with E-state index in [0.717, 1.165) is 0 Å². The quantitative estimate of drug-likeness (QED) is 0.500. The van der Waals surface area contributed by atoms with Crippen molar-refractivity contribution in [2.45, 2.75) is 25.7 Å². The van der Waals surface area contributed by atoms with Gasteiger partial charge >= 0.3 is 0 Å². The summed E-state index contributed by atoms with van der Waals surface area (Å²) in [5.41, 5.74) is 9.46. The number of benzene rings is 2. The number of hydrogen-bond acceptors (Lipinski definition) is 0. The van der Waals surface area contributed by atoms with Gasteiger partial charge in [-0.3, -0.25) is 0 Å². The number of hydrogen-bond donors (Lipinski definition) is 0. The molecule has 2 aliphatic carbocycles. The predicted octanol–water partition coefficient (Wildman–Crippen LogP) is 4.76. The van der Waals surface area contributed by atoms with Gasteiger partial charge in [-0.2, -0.15) is 0 Å². The Labute approximate surface area is 134 Å². The Kier molecular flexibility index (Phi) is 2.73. The first kappa shape index (κ1) is 11.7. The summed E-state index contributed by atoms with van der Waals surface area (Å²) in [4.78, 5) is 0. The molecular weight excluding hydrogens is 446 g/mol. The molecule has 0 radical (unpaired) electrons. The molecule has 2 aromatic rings. The van der Waals surface area contributed by atoms with Crippen LogP contribution in [0.25, 0.3) is 11.1 Å². The Morgan fingerprint density at radius 3 is 1.11 bits per heavy atom. The third-order valence-electron chi connectivity index (χ3n) is 4.11. The minimum Gasteiger partial charge on any atom is -0.0450 e. The molecule has 2 aromatic carbocycles. The second kappa shape index (κ2) is 4.20. The molecule has 0 saturated heterocycles. The Balaban J connectivity index is 2.10. The van der Waals surface area contributed by atoms with Crippen LogP contribution >= 0.6 is 45.2 Å². The number of halogens is 2. The van der Waals surface area contributed by atoms with Gasteiger partial charge in [0.25, 0.3) is 0 Å². The zero-order valence-electron chi connectivity index (χ0n) is 9.89. The maximum Gasteiger partial charge on any atom is 0.0136 e. The van der Waals surface area contributed by atoms with Crippen molar-refractivity contribution in [1.82, 2.24) is 0 Å². The minimum absolute atomic E-state index is 1.21. The van der Waals surface area contributed by atoms with E-state index in [-0.39, 0.29) is 0 Å². The molecule has 0 atom stereocenters. The fourth-order valence-corrected chi connectivity index (χ4v) is 4.92. The highest BCUT2D eigenvalue weighted by Gasteiger charge is 2.26. The van der Waals surface area contributed by atoms with Crippen LogP contribution in [0.1, 0.15) is 22.3 Å². The second-order valence-corrected chi connectivity index (χ2v) is 7.69. The van der Waals surface area contributed by atoms with E-state index in [9.17, 15) is 0 Å². The monoisotopic (exact) mass is 458 g/mol. The van der Waals surface area contributed by atoms with Crippen LogP contribution < -0.4 is 0 Å². The first-order valence-electron chi connectivity index (χ1n) is 6.35. The highest BCUT2D eigenvalue weighted by atomic mass is 127. The fraction of sp³-hybridized carbons (Fsp3) is 0.250. The van der Waals surface area contributed by atoms with Gasteiger partial charge in [0, 0.05) is 7.14 Å². The Morgan fingerprint density at radius 2 is 0.833 bits per heavy atom. The van der Waals surface area contributed by atoms with E-state index in [1.54, 1.807) is 33.4 Å². The Bertz CT molecular complexity index is 561. The third kappa shape index (κ3) is 1.68. The molecule has 4 rings (SSSR count). The van der Waals surface area contributed by atoms with Crippen LogP contribution in [-0.4, -0.2) is 0 Å². The van der Waals surface area contributed by atoms with Gasteiger partial charge in [0.2, 0.25) is 0 Å². The zero-order valence-corrected chi connectivity index (χ0v) is 14.2. The maximum absolute atomic E-state index is 2.46. The summed E-state index contributed by atoms with van der Waals surface area (Å²) in [5.74, 6) is 0. The summed E-state index contributed by atoms with van der Waals surface area (Å²) in [5, 5.41) is 0. The van der Waals surface area contributed by atoms with Crippen molar-refractivity contribution in [1.29, 1.82) is 0 Å². The van der Waals surface area contributed by atoms with Gasteiger partial charge in [0.1, 0.15) is 0 Å². The van der Waals surface area contributed by atoms with Gasteiger partial charge in [0.05, 0.1) is 0 Å². The Hall–Kier alpha value is -0.100. The van der Waals surface area contributed by atoms with Crippen LogP contribution in [0.4, 0.5) is 0 Å². The molecule has 0 bridgehead atoms. The number of rotatable bonds is 0. The normalized spacial score (nSPS) is 15.4. The maximum atomic E-state index is 2.46. The molecule has 0 nitrogen and oxygen atoms in total. The van der Waals surface area contributed by atoms with E-state index in [4.69, 9.17) is 0 Å². The standard InChI is InChI=1S/C16H12I2/c17-13-5-9-1-2-10-6-14(18)8-12-4-3-11(7-13)15(9)16(10)12/h5-8H,1-4H2. The van der Waals surface area contributed by atoms with Gasteiger partial charge in [-0.05, 0) is 129 Å². The molecular formula is C16H12I2. The van der Waals surface area contributed by atoms with Crippen molar-refractivity contribution >= 4 is 45.2 Å². The van der Waals surface area contributed by atoms with E-state index < -0.39 is 0 Å². The lowest BCUT2D eigenvalue weighted by molar-refractivity contribution is 0.873. The van der Waals surface area contributed by atoms with E-state index in [1.165, 1.54) is 32.8 Å². The fourth-order valence-electron chi connectivity index (χ4n) is 3.42. The lowest BCUT2D eigenvalue weighted by Gasteiger charge is -2.29. The molecule has 0 amide bonds. The van der Waals surface area contributed by atoms with Gasteiger partial charge in [0.15, 0.2) is 0 Å². The Morgan fingerprint density at radius 1 is 0.556 bits per heavy atom. The lowest BCUT2D eigenvalue weighted by Crippen LogP contribution is -2.14. The van der Waals surface area contributed by atoms with Gasteiger partial charge in [-0.15, -0.1) is 0 Å². The highest BCUT2D eigenvalue weighted by molar-refractivity contribution is 14.1. The SMILES string of the molecule is Ic1cc2c3c(c1)CCc1cc(I)cc(c1-3)CC2. The summed E-state index contributed by atoms with van der Waals surface area (Å²) >= 11 is 4.92. The minimum atomic E-state index is 1.21. The molecule has 0 aromatic heterocycles. The van der Waals surface area contributed by atoms with Gasteiger partial charge in [-0.25, -0.2) is 0 Å². The molecule has 0 aliphatic heterocycles. The average Bonchev–Trinajstić information content (AvgIpc) is 2.34. The zero-order chi connectivity index (χ0) is 12.3. The molecule has 0 N–H and O–H groups in total. The first-order valence-corrected chi connectivity index (χ1v) is 8.51. The lowest BCUT2D eigenvalue weighted by atomic mass is 9.76. The summed E-state index contributed by atoms with van der Waals surface area (Å²) in [6.45, 7) is 0. The van der Waals surface area contributed by atoms with Crippen LogP contribution in [0.3, 0.4) is 0 Å². The van der Waals surface area contributed by atoms with E-state index in [1.807, 2.05) is 0 Å². The predicted molar refractivity (Wildman–Crippen MR) is 92.1 cm³/mol. The molecule has 0 unspecified atom stereocenters. The van der Waals surface area contributed by atoms with Crippen LogP contribution in [-0.2, 0) is 25.7 Å². The topological polar surface area (TPSA) is 0 Å². The van der Waals surface area contributed by atoms with Crippen molar-refractivity contribution < 1.29 is 0 Å². The molecule has 0 heterocycles. The molecule has 0 spiro atoms. The van der Waals surface area contributed by atoms with E-state index in [2.05, 4.69) is 69.4 Å². The first-order chi connectivity index (χ1) is 8.72. The van der Waals surface area contributed by atoms with Crippen LogP contribution in [0.5, 0.6) is 0 Å². The smallest absolute Gasteiger partial charge is 0.0136 e. The van der Waals surface area contributed by atoms with Crippen molar-refractivity contribution in [3.63, 3.8) is 0 Å². The molecule has 2 heteroatoms. The summed E-state index contributed by atoms with van der Waals surface area (Å²) in [7, 11) is 0. The summed E-state index contributed by atoms with van der Waals surface area (Å²) in [6.07, 6.45) is 4.86. The highest BCUT2D eigenvalue weighted by Crippen LogP contribution is 2.43. The molecule has 0 fully saturated rings. The molecule has 90 valence electrons.